The van der Waals surface area contributed by atoms with Crippen LogP contribution < -0.4 is 343 Å². The fraction of sp³-hybridized carbons (Fsp3) is 0. The van der Waals surface area contributed by atoms with Crippen LogP contribution in [-0.4, -0.2) is 0 Å². The number of phosphoric acid groups is 2. The second-order valence-electron chi connectivity index (χ2n) is 0.976. The van der Waals surface area contributed by atoms with E-state index in [2.05, 4.69) is 4.31 Å². The standard InChI is InChI=1S/4K.4Na.H4O7P2.4H/c;;;;;;;;1-8(2,3)7-9(4,5)6;;;;/h;;;;;;;;(H2,1,2,3)(H2,4,5,6);;;;/q8*+1;;4*-1/p-4. The molecule has 0 heterocycles. The van der Waals surface area contributed by atoms with Crippen molar-refractivity contribution >= 4 is 15.6 Å². The number of rotatable bonds is 2. The molecule has 0 radical (unpaired) electrons. The van der Waals surface area contributed by atoms with E-state index in [0.29, 0.717) is 0 Å². The molecule has 0 aromatic heterocycles. The predicted octanol–water partition coefficient (Wildman–Crippen LogP) is -26.9. The molecule has 0 saturated heterocycles. The van der Waals surface area contributed by atoms with Crippen LogP contribution in [0.1, 0.15) is 5.71 Å². The summed E-state index contributed by atoms with van der Waals surface area (Å²) in [6.45, 7) is 0. The average Bonchev–Trinajstić information content (AvgIpc) is 1.14. The van der Waals surface area contributed by atoms with Gasteiger partial charge in [0.2, 0.25) is 0 Å². The van der Waals surface area contributed by atoms with E-state index >= 15 is 0 Å². The molecule has 0 spiro atoms. The summed E-state index contributed by atoms with van der Waals surface area (Å²) in [6, 6.07) is 0. The minimum Gasteiger partial charge on any atom is -1.00 e. The molecule has 0 aliphatic heterocycles. The van der Waals surface area contributed by atoms with Crippen molar-refractivity contribution in [3.63, 3.8) is 0 Å². The van der Waals surface area contributed by atoms with E-state index in [4.69, 9.17) is 0 Å². The maximum Gasteiger partial charge on any atom is 1.00 e. The molecular formula is H4K4Na4O7P2. The number of hydrogen-bond acceptors (Lipinski definition) is 7. The summed E-state index contributed by atoms with van der Waals surface area (Å²) < 4.78 is 21.2. The zero-order valence-electron chi connectivity index (χ0n) is 15.8. The van der Waals surface area contributed by atoms with Gasteiger partial charge in [-0.3, -0.25) is 0 Å². The Bertz CT molecular complexity index is 187. The van der Waals surface area contributed by atoms with Gasteiger partial charge in [-0.2, -0.15) is 0 Å². The Kier molecular flexibility index (Phi) is 105. The molecule has 17 heteroatoms. The van der Waals surface area contributed by atoms with Crippen LogP contribution in [0.15, 0.2) is 0 Å². The van der Waals surface area contributed by atoms with Gasteiger partial charge < -0.3 is 38.7 Å². The predicted molar refractivity (Wildman–Crippen MR) is 20.7 cm³/mol. The van der Waals surface area contributed by atoms with E-state index in [-0.39, 0.29) is 329 Å². The van der Waals surface area contributed by atoms with Crippen LogP contribution in [0.4, 0.5) is 0 Å². The topological polar surface area (TPSA) is 136 Å². The molecule has 0 atom stereocenters. The summed E-state index contributed by atoms with van der Waals surface area (Å²) in [4.78, 5) is 37.3. The van der Waals surface area contributed by atoms with E-state index in [1.807, 2.05) is 0 Å². The van der Waals surface area contributed by atoms with Gasteiger partial charge in [-0.1, -0.05) is 0 Å². The fourth-order valence-corrected chi connectivity index (χ4v) is 1.10. The Labute approximate surface area is 365 Å². The fourth-order valence-electron chi connectivity index (χ4n) is 0.122. The van der Waals surface area contributed by atoms with Gasteiger partial charge in [0.15, 0.2) is 0 Å². The monoisotopic (exact) mass is 426 g/mol. The van der Waals surface area contributed by atoms with Crippen LogP contribution in [0, 0.1) is 0 Å². The molecule has 0 aliphatic carbocycles. The summed E-state index contributed by atoms with van der Waals surface area (Å²) >= 11 is 0. The van der Waals surface area contributed by atoms with E-state index in [1.165, 1.54) is 0 Å². The maximum atomic E-state index is 9.32. The van der Waals surface area contributed by atoms with E-state index < -0.39 is 15.6 Å². The molecule has 0 aromatic carbocycles. The second kappa shape index (κ2) is 31.5. The Morgan fingerprint density at radius 2 is 0.765 bits per heavy atom. The summed E-state index contributed by atoms with van der Waals surface area (Å²) in [7, 11) is -11.4. The van der Waals surface area contributed by atoms with Gasteiger partial charge in [0.25, 0.3) is 0 Å². The van der Waals surface area contributed by atoms with Crippen molar-refractivity contribution in [1.82, 2.24) is 0 Å². The first-order valence-corrected chi connectivity index (χ1v) is 4.38. The summed E-state index contributed by atoms with van der Waals surface area (Å²) in [6.07, 6.45) is 0. The molecule has 0 rings (SSSR count). The quantitative estimate of drug-likeness (QED) is 0.316. The first kappa shape index (κ1) is 56.5. The van der Waals surface area contributed by atoms with Crippen LogP contribution in [0.5, 0.6) is 0 Å². The molecular weight excluding hydrogens is 422 g/mol. The Hall–Kier alpha value is 10.8. The first-order valence-electron chi connectivity index (χ1n) is 1.46. The third-order valence-corrected chi connectivity index (χ3v) is 1.80. The molecule has 7 nitrogen and oxygen atoms in total. The Morgan fingerprint density at radius 3 is 0.765 bits per heavy atom. The smallest absolute Gasteiger partial charge is 1.00 e. The van der Waals surface area contributed by atoms with Crippen LogP contribution in [0.25, 0.3) is 0 Å². The first-order chi connectivity index (χ1) is 3.71. The van der Waals surface area contributed by atoms with Gasteiger partial charge in [0.1, 0.15) is 0 Å². The maximum absolute atomic E-state index is 9.32. The summed E-state index contributed by atoms with van der Waals surface area (Å²) in [5.74, 6) is 0. The van der Waals surface area contributed by atoms with Crippen molar-refractivity contribution in [1.29, 1.82) is 0 Å². The largest absolute Gasteiger partial charge is 1.00 e. The van der Waals surface area contributed by atoms with Crippen molar-refractivity contribution in [2.75, 3.05) is 0 Å². The molecule has 0 aliphatic rings. The van der Waals surface area contributed by atoms with Crippen LogP contribution in [0.3, 0.4) is 0 Å². The van der Waals surface area contributed by atoms with Gasteiger partial charge in [-0.15, -0.1) is 0 Å². The molecule has 0 saturated carbocycles. The molecule has 17 heavy (non-hydrogen) atoms. The van der Waals surface area contributed by atoms with E-state index in [9.17, 15) is 28.7 Å². The molecule has 0 unspecified atom stereocenters. The van der Waals surface area contributed by atoms with Crippen molar-refractivity contribution in [3.8, 4) is 0 Å². The van der Waals surface area contributed by atoms with Crippen LogP contribution in [-0.2, 0) is 13.4 Å². The van der Waals surface area contributed by atoms with E-state index in [0.717, 1.165) is 0 Å². The zero-order valence-corrected chi connectivity index (χ0v) is 34.0. The van der Waals surface area contributed by atoms with Crippen molar-refractivity contribution in [2.45, 2.75) is 0 Å². The normalized spacial score (nSPS) is 7.29. The van der Waals surface area contributed by atoms with Crippen LogP contribution in [0.2, 0.25) is 0 Å². The van der Waals surface area contributed by atoms with Gasteiger partial charge >= 0.3 is 324 Å². The molecule has 0 aromatic rings. The third-order valence-electron chi connectivity index (χ3n) is 0.200. The van der Waals surface area contributed by atoms with Crippen molar-refractivity contribution < 1.29 is 362 Å². The van der Waals surface area contributed by atoms with Crippen molar-refractivity contribution in [2.24, 2.45) is 0 Å². The SMILES string of the molecule is O=P([O-])([O-])OP(=O)([O-])[O-].[H-].[H-].[H-].[H-].[K+].[K+].[K+].[K+].[Na+].[Na+].[Na+].[Na+]. The third kappa shape index (κ3) is 58.4. The van der Waals surface area contributed by atoms with Crippen molar-refractivity contribution in [3.05, 3.63) is 0 Å². The van der Waals surface area contributed by atoms with Gasteiger partial charge in [0.05, 0.1) is 15.6 Å². The summed E-state index contributed by atoms with van der Waals surface area (Å²) in [5, 5.41) is 0. The van der Waals surface area contributed by atoms with Gasteiger partial charge in [0, 0.05) is 0 Å². The molecule has 0 amide bonds. The van der Waals surface area contributed by atoms with Crippen LogP contribution >= 0.6 is 15.6 Å². The average molecular weight is 426 g/mol. The minimum absolute atomic E-state index is 0. The number of hydrogen-bond donors (Lipinski definition) is 0. The zero-order chi connectivity index (χ0) is 7.71. The second-order valence-corrected chi connectivity index (χ2v) is 3.42. The summed E-state index contributed by atoms with van der Waals surface area (Å²) in [5.41, 5.74) is 0. The van der Waals surface area contributed by atoms with Gasteiger partial charge in [-0.05, 0) is 0 Å². The Balaban J connectivity index is -0.00000000485. The molecule has 0 bridgehead atoms. The van der Waals surface area contributed by atoms with Gasteiger partial charge in [-0.25, -0.2) is 0 Å². The molecule has 0 N–H and O–H groups in total. The Morgan fingerprint density at radius 1 is 0.647 bits per heavy atom. The molecule has 0 fully saturated rings. The van der Waals surface area contributed by atoms with E-state index in [1.54, 1.807) is 0 Å². The molecule has 64 valence electrons. The minimum atomic E-state index is -5.68.